The van der Waals surface area contributed by atoms with Gasteiger partial charge in [-0.05, 0) is 7.05 Å². The van der Waals surface area contributed by atoms with Gasteiger partial charge in [0, 0.05) is 12.1 Å². The molecule has 2 heteroatoms. The van der Waals surface area contributed by atoms with Gasteiger partial charge in [-0.15, -0.1) is 0 Å². The Hall–Kier alpha value is -0.600. The standard InChI is InChI=1S/C7H12N2/c1-9-7-5-3-2-4-6(7)8/h2-7,9H,8H2,1H3. The fourth-order valence-corrected chi connectivity index (χ4v) is 0.913. The second kappa shape index (κ2) is 2.80. The van der Waals surface area contributed by atoms with Crippen molar-refractivity contribution in [2.24, 2.45) is 5.73 Å². The van der Waals surface area contributed by atoms with Crippen molar-refractivity contribution >= 4 is 0 Å². The van der Waals surface area contributed by atoms with E-state index in [1.54, 1.807) is 0 Å². The first-order valence-electron chi connectivity index (χ1n) is 3.12. The average molecular weight is 124 g/mol. The summed E-state index contributed by atoms with van der Waals surface area (Å²) in [6.45, 7) is 0. The van der Waals surface area contributed by atoms with Gasteiger partial charge in [-0.1, -0.05) is 24.3 Å². The number of hydrogen-bond acceptors (Lipinski definition) is 2. The van der Waals surface area contributed by atoms with Crippen molar-refractivity contribution in [3.05, 3.63) is 24.3 Å². The monoisotopic (exact) mass is 124 g/mol. The van der Waals surface area contributed by atoms with Gasteiger partial charge in [-0.25, -0.2) is 0 Å². The van der Waals surface area contributed by atoms with Crippen molar-refractivity contribution in [1.82, 2.24) is 5.32 Å². The molecule has 2 nitrogen and oxygen atoms in total. The Balaban J connectivity index is 2.55. The van der Waals surface area contributed by atoms with E-state index < -0.39 is 0 Å². The number of rotatable bonds is 1. The van der Waals surface area contributed by atoms with Gasteiger partial charge in [0.2, 0.25) is 0 Å². The molecule has 0 aromatic rings. The molecule has 0 heterocycles. The van der Waals surface area contributed by atoms with E-state index in [-0.39, 0.29) is 6.04 Å². The molecule has 1 aliphatic carbocycles. The van der Waals surface area contributed by atoms with Crippen LogP contribution in [0.1, 0.15) is 0 Å². The van der Waals surface area contributed by atoms with Crippen LogP contribution < -0.4 is 11.1 Å². The Morgan fingerprint density at radius 1 is 1.33 bits per heavy atom. The molecule has 1 aliphatic rings. The van der Waals surface area contributed by atoms with E-state index in [1.807, 2.05) is 25.3 Å². The largest absolute Gasteiger partial charge is 0.323 e. The minimum Gasteiger partial charge on any atom is -0.323 e. The molecular formula is C7H12N2. The van der Waals surface area contributed by atoms with Gasteiger partial charge >= 0.3 is 0 Å². The molecule has 9 heavy (non-hydrogen) atoms. The van der Waals surface area contributed by atoms with Crippen molar-refractivity contribution < 1.29 is 0 Å². The highest BCUT2D eigenvalue weighted by atomic mass is 14.9. The van der Waals surface area contributed by atoms with E-state index in [2.05, 4.69) is 11.4 Å². The maximum atomic E-state index is 5.69. The van der Waals surface area contributed by atoms with Crippen LogP contribution in [0.25, 0.3) is 0 Å². The fourth-order valence-electron chi connectivity index (χ4n) is 0.913. The zero-order valence-electron chi connectivity index (χ0n) is 5.54. The summed E-state index contributed by atoms with van der Waals surface area (Å²) >= 11 is 0. The summed E-state index contributed by atoms with van der Waals surface area (Å²) < 4.78 is 0. The minimum absolute atomic E-state index is 0.139. The van der Waals surface area contributed by atoms with Crippen molar-refractivity contribution in [2.45, 2.75) is 12.1 Å². The maximum absolute atomic E-state index is 5.69. The van der Waals surface area contributed by atoms with Crippen molar-refractivity contribution in [3.63, 3.8) is 0 Å². The van der Waals surface area contributed by atoms with Crippen LogP contribution >= 0.6 is 0 Å². The molecule has 0 fully saturated rings. The second-order valence-corrected chi connectivity index (χ2v) is 2.16. The van der Waals surface area contributed by atoms with Crippen LogP contribution in [0.2, 0.25) is 0 Å². The quantitative estimate of drug-likeness (QED) is 0.517. The van der Waals surface area contributed by atoms with Gasteiger partial charge < -0.3 is 11.1 Å². The Morgan fingerprint density at radius 3 is 2.44 bits per heavy atom. The van der Waals surface area contributed by atoms with E-state index in [9.17, 15) is 0 Å². The summed E-state index contributed by atoms with van der Waals surface area (Å²) in [5.41, 5.74) is 5.69. The van der Waals surface area contributed by atoms with Gasteiger partial charge in [0.15, 0.2) is 0 Å². The zero-order chi connectivity index (χ0) is 6.69. The third-order valence-electron chi connectivity index (χ3n) is 1.51. The first kappa shape index (κ1) is 6.52. The van der Waals surface area contributed by atoms with Crippen molar-refractivity contribution in [1.29, 1.82) is 0 Å². The van der Waals surface area contributed by atoms with Gasteiger partial charge in [-0.2, -0.15) is 0 Å². The van der Waals surface area contributed by atoms with Crippen LogP contribution in [0.15, 0.2) is 24.3 Å². The van der Waals surface area contributed by atoms with E-state index in [0.717, 1.165) is 0 Å². The van der Waals surface area contributed by atoms with E-state index in [0.29, 0.717) is 6.04 Å². The molecule has 0 aliphatic heterocycles. The lowest BCUT2D eigenvalue weighted by Gasteiger charge is -2.18. The Morgan fingerprint density at radius 2 is 2.00 bits per heavy atom. The fraction of sp³-hybridized carbons (Fsp3) is 0.429. The highest BCUT2D eigenvalue weighted by molar-refractivity contribution is 5.19. The first-order valence-corrected chi connectivity index (χ1v) is 3.12. The molecule has 2 unspecified atom stereocenters. The van der Waals surface area contributed by atoms with Crippen LogP contribution in [-0.4, -0.2) is 19.1 Å². The number of likely N-dealkylation sites (N-methyl/N-ethyl adjacent to an activating group) is 1. The molecule has 0 saturated heterocycles. The Labute approximate surface area is 55.4 Å². The molecule has 3 N–H and O–H groups in total. The molecule has 2 atom stereocenters. The molecular weight excluding hydrogens is 112 g/mol. The van der Waals surface area contributed by atoms with Gasteiger partial charge in [-0.3, -0.25) is 0 Å². The van der Waals surface area contributed by atoms with E-state index >= 15 is 0 Å². The molecule has 1 rings (SSSR count). The lowest BCUT2D eigenvalue weighted by atomic mass is 10.0. The van der Waals surface area contributed by atoms with Crippen molar-refractivity contribution in [3.8, 4) is 0 Å². The number of allylic oxidation sites excluding steroid dienone is 2. The summed E-state index contributed by atoms with van der Waals surface area (Å²) in [5.74, 6) is 0. The number of nitrogens with two attached hydrogens (primary N) is 1. The van der Waals surface area contributed by atoms with Crippen LogP contribution in [0, 0.1) is 0 Å². The molecule has 0 bridgehead atoms. The summed E-state index contributed by atoms with van der Waals surface area (Å²) in [4.78, 5) is 0. The van der Waals surface area contributed by atoms with Crippen LogP contribution in [0.3, 0.4) is 0 Å². The highest BCUT2D eigenvalue weighted by Gasteiger charge is 2.10. The topological polar surface area (TPSA) is 38.0 Å². The summed E-state index contributed by atoms with van der Waals surface area (Å²) in [7, 11) is 1.91. The van der Waals surface area contributed by atoms with E-state index in [1.165, 1.54) is 0 Å². The van der Waals surface area contributed by atoms with Gasteiger partial charge in [0.25, 0.3) is 0 Å². The molecule has 50 valence electrons. The number of nitrogens with one attached hydrogen (secondary N) is 1. The van der Waals surface area contributed by atoms with Gasteiger partial charge in [0.1, 0.15) is 0 Å². The SMILES string of the molecule is CNC1C=CC=CC1N. The molecule has 0 spiro atoms. The second-order valence-electron chi connectivity index (χ2n) is 2.16. The van der Waals surface area contributed by atoms with Crippen LogP contribution in [-0.2, 0) is 0 Å². The summed E-state index contributed by atoms with van der Waals surface area (Å²) in [6.07, 6.45) is 8.02. The summed E-state index contributed by atoms with van der Waals surface area (Å²) in [5, 5.41) is 3.09. The Bertz CT molecular complexity index is 138. The lowest BCUT2D eigenvalue weighted by Crippen LogP contribution is -2.41. The predicted octanol–water partition coefficient (Wildman–Crippen LogP) is 0.0277. The minimum atomic E-state index is 0.139. The van der Waals surface area contributed by atoms with Crippen molar-refractivity contribution in [2.75, 3.05) is 7.05 Å². The molecule has 0 saturated carbocycles. The molecule has 0 radical (unpaired) electrons. The average Bonchev–Trinajstić information content (AvgIpc) is 1.89. The molecule has 0 aromatic carbocycles. The number of hydrogen-bond donors (Lipinski definition) is 2. The normalized spacial score (nSPS) is 33.1. The Kier molecular flexibility index (Phi) is 2.03. The lowest BCUT2D eigenvalue weighted by molar-refractivity contribution is 0.596. The smallest absolute Gasteiger partial charge is 0.0440 e. The predicted molar refractivity (Wildman–Crippen MR) is 39.1 cm³/mol. The van der Waals surface area contributed by atoms with Gasteiger partial charge in [0.05, 0.1) is 0 Å². The highest BCUT2D eigenvalue weighted by Crippen LogP contribution is 2.00. The maximum Gasteiger partial charge on any atom is 0.0440 e. The zero-order valence-corrected chi connectivity index (χ0v) is 5.54. The van der Waals surface area contributed by atoms with E-state index in [4.69, 9.17) is 5.73 Å². The van der Waals surface area contributed by atoms with Crippen LogP contribution in [0.5, 0.6) is 0 Å². The third kappa shape index (κ3) is 1.40. The first-order chi connectivity index (χ1) is 4.34. The molecule has 0 amide bonds. The third-order valence-corrected chi connectivity index (χ3v) is 1.51. The van der Waals surface area contributed by atoms with Crippen LogP contribution in [0.4, 0.5) is 0 Å². The summed E-state index contributed by atoms with van der Waals surface area (Å²) in [6, 6.07) is 0.454. The molecule has 0 aromatic heterocycles.